The van der Waals surface area contributed by atoms with E-state index in [0.717, 1.165) is 12.8 Å². The minimum absolute atomic E-state index is 0.0526. The van der Waals surface area contributed by atoms with Crippen LogP contribution in [-0.4, -0.2) is 48.1 Å². The first kappa shape index (κ1) is 14.5. The van der Waals surface area contributed by atoms with Crippen LogP contribution in [0.4, 0.5) is 0 Å². The topological polar surface area (TPSA) is 83.9 Å². The maximum absolute atomic E-state index is 11.7. The normalized spacial score (nSPS) is 16.4. The maximum atomic E-state index is 11.7. The van der Waals surface area contributed by atoms with E-state index in [1.807, 2.05) is 0 Å². The molecule has 102 valence electrons. The molecule has 0 aromatic heterocycles. The molecule has 1 aliphatic heterocycles. The summed E-state index contributed by atoms with van der Waals surface area (Å²) in [5.41, 5.74) is 0. The lowest BCUT2D eigenvalue weighted by atomic mass is 9.93. The number of carbonyl (C=O) groups excluding carboxylic acids is 2. The molecule has 1 heterocycles. The first-order valence-electron chi connectivity index (χ1n) is 6.09. The van der Waals surface area contributed by atoms with Gasteiger partial charge in [0.1, 0.15) is 0 Å². The Hall–Kier alpha value is -1.59. The molecule has 18 heavy (non-hydrogen) atoms. The van der Waals surface area contributed by atoms with Crippen LogP contribution in [0.5, 0.6) is 0 Å². The number of esters is 1. The van der Waals surface area contributed by atoms with Gasteiger partial charge in [-0.2, -0.15) is 0 Å². The highest BCUT2D eigenvalue weighted by atomic mass is 16.5. The molecular formula is C12H19NO5. The molecule has 0 spiro atoms. The Morgan fingerprint density at radius 3 is 2.33 bits per heavy atom. The van der Waals surface area contributed by atoms with E-state index in [1.165, 1.54) is 7.11 Å². The number of rotatable bonds is 5. The van der Waals surface area contributed by atoms with Gasteiger partial charge >= 0.3 is 11.9 Å². The fourth-order valence-corrected chi connectivity index (χ4v) is 2.08. The monoisotopic (exact) mass is 257 g/mol. The van der Waals surface area contributed by atoms with Crippen molar-refractivity contribution in [3.63, 3.8) is 0 Å². The standard InChI is InChI=1S/C12H19NO5/c1-18-12(17)8-9-4-6-13(7-5-9)10(14)2-3-11(15)16/h9H,2-8H2,1H3,(H,15,16). The van der Waals surface area contributed by atoms with Crippen molar-refractivity contribution in [1.29, 1.82) is 0 Å². The molecule has 0 aliphatic carbocycles. The molecule has 0 atom stereocenters. The first-order chi connectivity index (χ1) is 8.52. The Morgan fingerprint density at radius 2 is 1.83 bits per heavy atom. The van der Waals surface area contributed by atoms with Crippen molar-refractivity contribution in [2.75, 3.05) is 20.2 Å². The van der Waals surface area contributed by atoms with Crippen LogP contribution in [0.15, 0.2) is 0 Å². The molecule has 1 N–H and O–H groups in total. The molecule has 1 fully saturated rings. The minimum atomic E-state index is -0.955. The van der Waals surface area contributed by atoms with Crippen molar-refractivity contribution < 1.29 is 24.2 Å². The van der Waals surface area contributed by atoms with E-state index < -0.39 is 5.97 Å². The summed E-state index contributed by atoms with van der Waals surface area (Å²) >= 11 is 0. The number of hydrogen-bond acceptors (Lipinski definition) is 4. The molecule has 0 aromatic carbocycles. The van der Waals surface area contributed by atoms with Crippen LogP contribution < -0.4 is 0 Å². The fraction of sp³-hybridized carbons (Fsp3) is 0.750. The molecule has 1 saturated heterocycles. The first-order valence-corrected chi connectivity index (χ1v) is 6.09. The number of carboxylic acids is 1. The average molecular weight is 257 g/mol. The molecule has 0 saturated carbocycles. The summed E-state index contributed by atoms with van der Waals surface area (Å²) in [4.78, 5) is 34.8. The van der Waals surface area contributed by atoms with E-state index in [0.29, 0.717) is 19.5 Å². The molecular weight excluding hydrogens is 238 g/mol. The lowest BCUT2D eigenvalue weighted by Gasteiger charge is -2.31. The number of carbonyl (C=O) groups is 3. The zero-order chi connectivity index (χ0) is 13.5. The quantitative estimate of drug-likeness (QED) is 0.731. The number of aliphatic carboxylic acids is 1. The lowest BCUT2D eigenvalue weighted by molar-refractivity contribution is -0.143. The van der Waals surface area contributed by atoms with Crippen LogP contribution in [0, 0.1) is 5.92 Å². The van der Waals surface area contributed by atoms with Gasteiger partial charge in [-0.05, 0) is 18.8 Å². The number of piperidine rings is 1. The summed E-state index contributed by atoms with van der Waals surface area (Å²) in [6.45, 7) is 1.19. The number of likely N-dealkylation sites (tertiary alicyclic amines) is 1. The van der Waals surface area contributed by atoms with Crippen LogP contribution in [-0.2, 0) is 19.1 Å². The number of carboxylic acid groups (broad SMARTS) is 1. The smallest absolute Gasteiger partial charge is 0.305 e. The van der Waals surface area contributed by atoms with Crippen LogP contribution in [0.3, 0.4) is 0 Å². The van der Waals surface area contributed by atoms with E-state index in [9.17, 15) is 14.4 Å². The Labute approximate surface area is 106 Å². The molecule has 0 aromatic rings. The van der Waals surface area contributed by atoms with Crippen LogP contribution in [0.1, 0.15) is 32.1 Å². The van der Waals surface area contributed by atoms with Crippen LogP contribution in [0.25, 0.3) is 0 Å². The van der Waals surface area contributed by atoms with Crippen molar-refractivity contribution in [2.45, 2.75) is 32.1 Å². The van der Waals surface area contributed by atoms with Gasteiger partial charge in [0.05, 0.1) is 13.5 Å². The van der Waals surface area contributed by atoms with Gasteiger partial charge in [-0.25, -0.2) is 0 Å². The SMILES string of the molecule is COC(=O)CC1CCN(C(=O)CCC(=O)O)CC1. The van der Waals surface area contributed by atoms with E-state index in [-0.39, 0.29) is 30.6 Å². The van der Waals surface area contributed by atoms with E-state index in [1.54, 1.807) is 4.90 Å². The Morgan fingerprint density at radius 1 is 1.22 bits per heavy atom. The maximum Gasteiger partial charge on any atom is 0.305 e. The molecule has 6 nitrogen and oxygen atoms in total. The summed E-state index contributed by atoms with van der Waals surface area (Å²) in [7, 11) is 1.37. The average Bonchev–Trinajstić information content (AvgIpc) is 2.36. The van der Waals surface area contributed by atoms with Crippen LogP contribution >= 0.6 is 0 Å². The zero-order valence-electron chi connectivity index (χ0n) is 10.6. The third kappa shape index (κ3) is 4.73. The second kappa shape index (κ2) is 6.98. The van der Waals surface area contributed by atoms with E-state index >= 15 is 0 Å². The van der Waals surface area contributed by atoms with Gasteiger partial charge in [-0.15, -0.1) is 0 Å². The Bertz CT molecular complexity index is 320. The fourth-order valence-electron chi connectivity index (χ4n) is 2.08. The second-order valence-corrected chi connectivity index (χ2v) is 4.50. The van der Waals surface area contributed by atoms with E-state index in [4.69, 9.17) is 5.11 Å². The molecule has 0 radical (unpaired) electrons. The number of nitrogens with zero attached hydrogens (tertiary/aromatic N) is 1. The van der Waals surface area contributed by atoms with Gasteiger partial charge in [0, 0.05) is 25.9 Å². The second-order valence-electron chi connectivity index (χ2n) is 4.50. The van der Waals surface area contributed by atoms with Gasteiger partial charge < -0.3 is 14.7 Å². The summed E-state index contributed by atoms with van der Waals surface area (Å²) in [5, 5.41) is 8.51. The highest BCUT2D eigenvalue weighted by Crippen LogP contribution is 2.21. The predicted octanol–water partition coefficient (Wildman–Crippen LogP) is 0.653. The molecule has 0 unspecified atom stereocenters. The van der Waals surface area contributed by atoms with Crippen molar-refractivity contribution >= 4 is 17.8 Å². The largest absolute Gasteiger partial charge is 0.481 e. The molecule has 0 bridgehead atoms. The van der Waals surface area contributed by atoms with Gasteiger partial charge in [-0.1, -0.05) is 0 Å². The van der Waals surface area contributed by atoms with Crippen molar-refractivity contribution in [1.82, 2.24) is 4.90 Å². The summed E-state index contributed by atoms with van der Waals surface area (Å²) in [5.74, 6) is -1.02. The van der Waals surface area contributed by atoms with Crippen molar-refractivity contribution in [2.24, 2.45) is 5.92 Å². The Balaban J connectivity index is 2.28. The van der Waals surface area contributed by atoms with Gasteiger partial charge in [0.2, 0.25) is 5.91 Å². The Kier molecular flexibility index (Phi) is 5.61. The highest BCUT2D eigenvalue weighted by Gasteiger charge is 2.24. The van der Waals surface area contributed by atoms with Crippen LogP contribution in [0.2, 0.25) is 0 Å². The molecule has 1 amide bonds. The van der Waals surface area contributed by atoms with Crippen molar-refractivity contribution in [3.8, 4) is 0 Å². The predicted molar refractivity (Wildman–Crippen MR) is 62.8 cm³/mol. The zero-order valence-corrected chi connectivity index (χ0v) is 10.6. The molecule has 1 aliphatic rings. The number of methoxy groups -OCH3 is 1. The third-order valence-corrected chi connectivity index (χ3v) is 3.20. The van der Waals surface area contributed by atoms with E-state index in [2.05, 4.69) is 4.74 Å². The summed E-state index contributed by atoms with van der Waals surface area (Å²) in [6, 6.07) is 0. The summed E-state index contributed by atoms with van der Waals surface area (Å²) < 4.78 is 4.61. The van der Waals surface area contributed by atoms with Gasteiger partial charge in [0.25, 0.3) is 0 Å². The number of amides is 1. The highest BCUT2D eigenvalue weighted by molar-refractivity contribution is 5.80. The lowest BCUT2D eigenvalue weighted by Crippen LogP contribution is -2.39. The van der Waals surface area contributed by atoms with Gasteiger partial charge in [0.15, 0.2) is 0 Å². The molecule has 6 heteroatoms. The van der Waals surface area contributed by atoms with Crippen molar-refractivity contribution in [3.05, 3.63) is 0 Å². The molecule has 1 rings (SSSR count). The van der Waals surface area contributed by atoms with Gasteiger partial charge in [-0.3, -0.25) is 14.4 Å². The number of hydrogen-bond donors (Lipinski definition) is 1. The number of ether oxygens (including phenoxy) is 1. The summed E-state index contributed by atoms with van der Waals surface area (Å²) in [6.07, 6.45) is 1.87. The third-order valence-electron chi connectivity index (χ3n) is 3.20. The minimum Gasteiger partial charge on any atom is -0.481 e.